The molecule has 0 radical (unpaired) electrons. The van der Waals surface area contributed by atoms with E-state index < -0.39 is 0 Å². The van der Waals surface area contributed by atoms with Gasteiger partial charge in [-0.2, -0.15) is 0 Å². The normalized spacial score (nSPS) is 8.95. The van der Waals surface area contributed by atoms with Gasteiger partial charge in [0, 0.05) is 18.6 Å². The highest BCUT2D eigenvalue weighted by Crippen LogP contribution is 2.24. The fourth-order valence-corrected chi connectivity index (χ4v) is 1.50. The van der Waals surface area contributed by atoms with E-state index in [0.717, 1.165) is 17.3 Å². The zero-order valence-electron chi connectivity index (χ0n) is 12.7. The van der Waals surface area contributed by atoms with E-state index in [1.54, 1.807) is 6.20 Å². The quantitative estimate of drug-likeness (QED) is 0.774. The minimum absolute atomic E-state index is 0.513. The Hall–Kier alpha value is -1.84. The molecule has 19 heavy (non-hydrogen) atoms. The number of ether oxygens (including phenoxy) is 1. The molecule has 0 aliphatic rings. The molecule has 0 fully saturated rings. The van der Waals surface area contributed by atoms with Gasteiger partial charge in [-0.1, -0.05) is 34.1 Å². The van der Waals surface area contributed by atoms with Gasteiger partial charge in [0.05, 0.1) is 18.9 Å². The molecule has 0 saturated heterocycles. The van der Waals surface area contributed by atoms with Crippen LogP contribution in [0.4, 0.5) is 0 Å². The molecule has 0 unspecified atom stereocenters. The van der Waals surface area contributed by atoms with Gasteiger partial charge in [-0.15, -0.1) is 0 Å². The number of rotatable bonds is 2. The van der Waals surface area contributed by atoms with Crippen LogP contribution in [0.1, 0.15) is 44.5 Å². The second kappa shape index (κ2) is 9.14. The molecule has 0 atom stereocenters. The molecule has 4 nitrogen and oxygen atoms in total. The number of fused-ring (bicyclic) bond motifs is 1. The molecular formula is C15H24N2O2. The lowest BCUT2D eigenvalue weighted by Crippen LogP contribution is -1.95. The summed E-state index contributed by atoms with van der Waals surface area (Å²) in [4.78, 5) is 15.1. The van der Waals surface area contributed by atoms with Crippen molar-refractivity contribution in [1.82, 2.24) is 9.55 Å². The van der Waals surface area contributed by atoms with Gasteiger partial charge in [0.15, 0.2) is 6.29 Å². The predicted octanol–water partition coefficient (Wildman–Crippen LogP) is 3.84. The highest BCUT2D eigenvalue weighted by Gasteiger charge is 2.10. The maximum absolute atomic E-state index is 10.9. The average molecular weight is 264 g/mol. The van der Waals surface area contributed by atoms with Gasteiger partial charge in [-0.25, -0.2) is 4.98 Å². The van der Waals surface area contributed by atoms with Gasteiger partial charge in [-0.05, 0) is 6.07 Å². The molecule has 2 heterocycles. The Kier molecular flexibility index (Phi) is 8.25. The van der Waals surface area contributed by atoms with Gasteiger partial charge in [0.2, 0.25) is 0 Å². The number of carbonyl (C=O) groups is 1. The molecule has 4 heteroatoms. The van der Waals surface area contributed by atoms with Gasteiger partial charge >= 0.3 is 0 Å². The first-order valence-corrected chi connectivity index (χ1v) is 6.62. The smallest absolute Gasteiger partial charge is 0.154 e. The van der Waals surface area contributed by atoms with E-state index in [-0.39, 0.29) is 0 Å². The number of carbonyl (C=O) groups excluding carboxylic acids is 1. The average Bonchev–Trinajstić information content (AvgIpc) is 2.82. The Morgan fingerprint density at radius 1 is 1.37 bits per heavy atom. The first-order valence-electron chi connectivity index (χ1n) is 6.62. The minimum Gasteiger partial charge on any atom is -0.494 e. The molecule has 2 rings (SSSR count). The number of aldehydes is 1. The molecule has 0 spiro atoms. The number of hydrogen-bond acceptors (Lipinski definition) is 3. The van der Waals surface area contributed by atoms with E-state index in [4.69, 9.17) is 4.74 Å². The van der Waals surface area contributed by atoms with E-state index in [1.165, 1.54) is 13.5 Å². The van der Waals surface area contributed by atoms with Gasteiger partial charge in [0.25, 0.3) is 0 Å². The number of nitrogens with zero attached hydrogens (tertiary/aromatic N) is 2. The molecule has 0 bridgehead atoms. The summed E-state index contributed by atoms with van der Waals surface area (Å²) < 4.78 is 6.91. The zero-order valence-corrected chi connectivity index (χ0v) is 12.7. The third kappa shape index (κ3) is 4.09. The Balaban J connectivity index is 0.000000573. The number of hydrogen-bond donors (Lipinski definition) is 0. The van der Waals surface area contributed by atoms with Crippen LogP contribution in [0.15, 0.2) is 18.5 Å². The molecule has 0 amide bonds. The standard InChI is InChI=1S/C10H10N2O2.C3H8.C2H6/c1-12-4-3-7-8(6-13)9(14-2)5-11-10(7)12;1-3-2;1-2/h3-6H,1-2H3;3H2,1-2H3;1-2H3. The van der Waals surface area contributed by atoms with Crippen LogP contribution < -0.4 is 4.74 Å². The third-order valence-electron chi connectivity index (χ3n) is 2.24. The summed E-state index contributed by atoms with van der Waals surface area (Å²) in [5, 5.41) is 0.821. The van der Waals surface area contributed by atoms with E-state index in [1.807, 2.05) is 37.7 Å². The van der Waals surface area contributed by atoms with Crippen molar-refractivity contribution in [2.24, 2.45) is 7.05 Å². The number of methoxy groups -OCH3 is 1. The van der Waals surface area contributed by atoms with Crippen LogP contribution in [0.3, 0.4) is 0 Å². The first kappa shape index (κ1) is 17.2. The van der Waals surface area contributed by atoms with Crippen LogP contribution in [0.2, 0.25) is 0 Å². The maximum Gasteiger partial charge on any atom is 0.154 e. The van der Waals surface area contributed by atoms with Crippen molar-refractivity contribution >= 4 is 17.3 Å². The summed E-state index contributed by atoms with van der Waals surface area (Å²) in [6, 6.07) is 1.86. The monoisotopic (exact) mass is 264 g/mol. The summed E-state index contributed by atoms with van der Waals surface area (Å²) in [5.41, 5.74) is 1.34. The Labute approximate surface area is 115 Å². The van der Waals surface area contributed by atoms with Crippen molar-refractivity contribution in [2.75, 3.05) is 7.11 Å². The summed E-state index contributed by atoms with van der Waals surface area (Å²) in [6.45, 7) is 8.25. The molecular weight excluding hydrogens is 240 g/mol. The fraction of sp³-hybridized carbons (Fsp3) is 0.467. The summed E-state index contributed by atoms with van der Waals surface area (Å²) in [7, 11) is 3.41. The van der Waals surface area contributed by atoms with Crippen LogP contribution >= 0.6 is 0 Å². The minimum atomic E-state index is 0.513. The van der Waals surface area contributed by atoms with E-state index in [2.05, 4.69) is 18.8 Å². The molecule has 2 aromatic heterocycles. The van der Waals surface area contributed by atoms with Crippen molar-refractivity contribution in [3.63, 3.8) is 0 Å². The Bertz CT molecular complexity index is 504. The second-order valence-corrected chi connectivity index (χ2v) is 3.73. The molecule has 0 N–H and O–H groups in total. The third-order valence-corrected chi connectivity index (χ3v) is 2.24. The molecule has 0 saturated carbocycles. The van der Waals surface area contributed by atoms with Crippen LogP contribution in [0.5, 0.6) is 5.75 Å². The highest BCUT2D eigenvalue weighted by atomic mass is 16.5. The Morgan fingerprint density at radius 2 is 1.95 bits per heavy atom. The second-order valence-electron chi connectivity index (χ2n) is 3.73. The largest absolute Gasteiger partial charge is 0.494 e. The van der Waals surface area contributed by atoms with E-state index >= 15 is 0 Å². The predicted molar refractivity (Wildman–Crippen MR) is 80.0 cm³/mol. The zero-order chi connectivity index (χ0) is 14.8. The number of aryl methyl sites for hydroxylation is 1. The van der Waals surface area contributed by atoms with Crippen molar-refractivity contribution in [3.05, 3.63) is 24.0 Å². The molecule has 0 aliphatic carbocycles. The fourth-order valence-electron chi connectivity index (χ4n) is 1.50. The van der Waals surface area contributed by atoms with E-state index in [0.29, 0.717) is 11.3 Å². The first-order chi connectivity index (χ1) is 9.19. The van der Waals surface area contributed by atoms with Crippen molar-refractivity contribution < 1.29 is 9.53 Å². The SMILES string of the molecule is CC.CCC.COc1cnc2c(ccn2C)c1C=O. The number of pyridine rings is 1. The lowest BCUT2D eigenvalue weighted by molar-refractivity contribution is 0.112. The lowest BCUT2D eigenvalue weighted by atomic mass is 10.2. The summed E-state index contributed by atoms with van der Waals surface area (Å²) >= 11 is 0. The number of aromatic nitrogens is 2. The van der Waals surface area contributed by atoms with Gasteiger partial charge in [-0.3, -0.25) is 4.79 Å². The van der Waals surface area contributed by atoms with Crippen molar-refractivity contribution in [3.8, 4) is 5.75 Å². The summed E-state index contributed by atoms with van der Waals surface area (Å²) in [6.07, 6.45) is 5.47. The van der Waals surface area contributed by atoms with E-state index in [9.17, 15) is 4.79 Å². The molecule has 0 aromatic carbocycles. The Morgan fingerprint density at radius 3 is 2.42 bits per heavy atom. The molecule has 2 aromatic rings. The van der Waals surface area contributed by atoms with Crippen LogP contribution in [-0.2, 0) is 7.05 Å². The maximum atomic E-state index is 10.9. The van der Waals surface area contributed by atoms with Crippen LogP contribution in [0, 0.1) is 0 Å². The molecule has 106 valence electrons. The van der Waals surface area contributed by atoms with Crippen LogP contribution in [0.25, 0.3) is 11.0 Å². The lowest BCUT2D eigenvalue weighted by Gasteiger charge is -2.03. The topological polar surface area (TPSA) is 44.1 Å². The van der Waals surface area contributed by atoms with Gasteiger partial charge < -0.3 is 9.30 Å². The molecule has 0 aliphatic heterocycles. The van der Waals surface area contributed by atoms with Gasteiger partial charge in [0.1, 0.15) is 11.4 Å². The van der Waals surface area contributed by atoms with Crippen molar-refractivity contribution in [1.29, 1.82) is 0 Å². The van der Waals surface area contributed by atoms with Crippen molar-refractivity contribution in [2.45, 2.75) is 34.1 Å². The van der Waals surface area contributed by atoms with Crippen LogP contribution in [-0.4, -0.2) is 22.9 Å². The summed E-state index contributed by atoms with van der Waals surface area (Å²) in [5.74, 6) is 0.513. The highest BCUT2D eigenvalue weighted by molar-refractivity contribution is 5.98.